The quantitative estimate of drug-likeness (QED) is 0.831. The van der Waals surface area contributed by atoms with Crippen LogP contribution in [0, 0.1) is 12.7 Å². The number of halogens is 1. The van der Waals surface area contributed by atoms with Gasteiger partial charge in [-0.15, -0.1) is 10.2 Å². The highest BCUT2D eigenvalue weighted by atomic mass is 32.2. The predicted octanol–water partition coefficient (Wildman–Crippen LogP) is 2.98. The van der Waals surface area contributed by atoms with Crippen molar-refractivity contribution in [2.75, 3.05) is 5.75 Å². The van der Waals surface area contributed by atoms with Gasteiger partial charge in [-0.2, -0.15) is 0 Å². The normalized spacial score (nSPS) is 10.8. The maximum atomic E-state index is 13.2. The summed E-state index contributed by atoms with van der Waals surface area (Å²) in [6.45, 7) is 4.52. The molecule has 0 fully saturated rings. The zero-order chi connectivity index (χ0) is 15.4. The van der Waals surface area contributed by atoms with Gasteiger partial charge in [0.2, 0.25) is 0 Å². The number of rotatable bonds is 6. The van der Waals surface area contributed by atoms with Gasteiger partial charge in [0.1, 0.15) is 5.82 Å². The fourth-order valence-electron chi connectivity index (χ4n) is 2.02. The van der Waals surface area contributed by atoms with Crippen molar-refractivity contribution in [3.63, 3.8) is 0 Å². The third-order valence-electron chi connectivity index (χ3n) is 2.92. The fraction of sp³-hybridized carbons (Fsp3) is 0.357. The zero-order valence-electron chi connectivity index (χ0n) is 11.8. The minimum Gasteiger partial charge on any atom is -0.481 e. The Bertz CT molecular complexity index is 658. The van der Waals surface area contributed by atoms with E-state index in [1.807, 2.05) is 18.4 Å². The first-order valence-corrected chi connectivity index (χ1v) is 7.55. The van der Waals surface area contributed by atoms with Gasteiger partial charge in [-0.1, -0.05) is 18.7 Å². The molecule has 0 radical (unpaired) electrons. The maximum Gasteiger partial charge on any atom is 0.313 e. The van der Waals surface area contributed by atoms with Crippen molar-refractivity contribution in [3.05, 3.63) is 29.6 Å². The number of carboxylic acids is 1. The minimum atomic E-state index is -0.898. The molecule has 1 N–H and O–H groups in total. The van der Waals surface area contributed by atoms with Crippen LogP contribution in [0.4, 0.5) is 4.39 Å². The van der Waals surface area contributed by atoms with Gasteiger partial charge in [0, 0.05) is 12.1 Å². The van der Waals surface area contributed by atoms with Crippen molar-refractivity contribution >= 4 is 17.7 Å². The molecular weight excluding hydrogens is 293 g/mol. The summed E-state index contributed by atoms with van der Waals surface area (Å²) in [5, 5.41) is 17.6. The van der Waals surface area contributed by atoms with Crippen LogP contribution in [0.1, 0.15) is 18.9 Å². The van der Waals surface area contributed by atoms with E-state index in [0.717, 1.165) is 29.3 Å². The number of thioether (sulfide) groups is 1. The van der Waals surface area contributed by atoms with Crippen LogP contribution in [-0.2, 0) is 11.3 Å². The van der Waals surface area contributed by atoms with E-state index in [4.69, 9.17) is 5.11 Å². The molecule has 0 amide bonds. The highest BCUT2D eigenvalue weighted by Crippen LogP contribution is 2.27. The van der Waals surface area contributed by atoms with Gasteiger partial charge in [0.15, 0.2) is 11.0 Å². The second kappa shape index (κ2) is 6.71. The molecule has 0 saturated heterocycles. The molecule has 5 nitrogen and oxygen atoms in total. The molecule has 0 unspecified atom stereocenters. The van der Waals surface area contributed by atoms with Crippen molar-refractivity contribution < 1.29 is 14.3 Å². The van der Waals surface area contributed by atoms with E-state index in [0.29, 0.717) is 17.5 Å². The van der Waals surface area contributed by atoms with E-state index in [-0.39, 0.29) is 11.6 Å². The lowest BCUT2D eigenvalue weighted by atomic mass is 10.1. The van der Waals surface area contributed by atoms with Crippen molar-refractivity contribution in [2.24, 2.45) is 0 Å². The number of benzene rings is 1. The number of aryl methyl sites for hydroxylation is 1. The maximum absolute atomic E-state index is 13.2. The van der Waals surface area contributed by atoms with E-state index < -0.39 is 5.97 Å². The average Bonchev–Trinajstić information content (AvgIpc) is 2.80. The molecule has 0 saturated carbocycles. The standard InChI is InChI=1S/C14H16FN3O2S/c1-3-6-18-13(11-5-4-10(15)7-9(11)2)16-17-14(18)21-8-12(19)20/h4-5,7H,3,6,8H2,1-2H3,(H,19,20). The number of aromatic nitrogens is 3. The molecule has 7 heteroatoms. The lowest BCUT2D eigenvalue weighted by Crippen LogP contribution is -2.05. The van der Waals surface area contributed by atoms with E-state index in [1.165, 1.54) is 12.1 Å². The Morgan fingerprint density at radius 1 is 1.43 bits per heavy atom. The first kappa shape index (κ1) is 15.5. The molecule has 112 valence electrons. The predicted molar refractivity (Wildman–Crippen MR) is 78.8 cm³/mol. The summed E-state index contributed by atoms with van der Waals surface area (Å²) in [7, 11) is 0. The molecule has 1 aromatic carbocycles. The van der Waals surface area contributed by atoms with Gasteiger partial charge in [0.05, 0.1) is 5.75 Å². The molecule has 0 aliphatic rings. The molecule has 0 spiro atoms. The molecule has 0 aliphatic carbocycles. The van der Waals surface area contributed by atoms with E-state index >= 15 is 0 Å². The van der Waals surface area contributed by atoms with Gasteiger partial charge >= 0.3 is 5.97 Å². The monoisotopic (exact) mass is 309 g/mol. The summed E-state index contributed by atoms with van der Waals surface area (Å²) >= 11 is 1.14. The summed E-state index contributed by atoms with van der Waals surface area (Å²) in [4.78, 5) is 10.7. The lowest BCUT2D eigenvalue weighted by Gasteiger charge is -2.10. The Balaban J connectivity index is 2.41. The number of carbonyl (C=O) groups is 1. The largest absolute Gasteiger partial charge is 0.481 e. The van der Waals surface area contributed by atoms with Crippen LogP contribution < -0.4 is 0 Å². The van der Waals surface area contributed by atoms with Crippen LogP contribution >= 0.6 is 11.8 Å². The zero-order valence-corrected chi connectivity index (χ0v) is 12.7. The Hall–Kier alpha value is -1.89. The molecule has 21 heavy (non-hydrogen) atoms. The molecule has 0 aliphatic heterocycles. The SMILES string of the molecule is CCCn1c(SCC(=O)O)nnc1-c1ccc(F)cc1C. The van der Waals surface area contributed by atoms with Crippen LogP contribution in [-0.4, -0.2) is 31.6 Å². The van der Waals surface area contributed by atoms with Crippen LogP contribution in [0.2, 0.25) is 0 Å². The number of hydrogen-bond donors (Lipinski definition) is 1. The van der Waals surface area contributed by atoms with Gasteiger partial charge in [-0.25, -0.2) is 4.39 Å². The third-order valence-corrected chi connectivity index (χ3v) is 3.87. The topological polar surface area (TPSA) is 68.0 Å². The highest BCUT2D eigenvalue weighted by molar-refractivity contribution is 7.99. The first-order chi connectivity index (χ1) is 10.0. The summed E-state index contributed by atoms with van der Waals surface area (Å²) in [6.07, 6.45) is 0.867. The average molecular weight is 309 g/mol. The summed E-state index contributed by atoms with van der Waals surface area (Å²) in [5.41, 5.74) is 1.58. The van der Waals surface area contributed by atoms with Gasteiger partial charge in [0.25, 0.3) is 0 Å². The van der Waals surface area contributed by atoms with E-state index in [9.17, 15) is 9.18 Å². The lowest BCUT2D eigenvalue weighted by molar-refractivity contribution is -0.133. The van der Waals surface area contributed by atoms with Crippen LogP contribution in [0.3, 0.4) is 0 Å². The van der Waals surface area contributed by atoms with Crippen molar-refractivity contribution in [1.29, 1.82) is 0 Å². The Morgan fingerprint density at radius 2 is 2.19 bits per heavy atom. The second-order valence-electron chi connectivity index (χ2n) is 4.60. The molecule has 2 aromatic rings. The first-order valence-electron chi connectivity index (χ1n) is 6.57. The van der Waals surface area contributed by atoms with Crippen LogP contribution in [0.15, 0.2) is 23.4 Å². The van der Waals surface area contributed by atoms with Gasteiger partial charge in [-0.05, 0) is 37.1 Å². The molecule has 0 bridgehead atoms. The van der Waals surface area contributed by atoms with Gasteiger partial charge in [-0.3, -0.25) is 4.79 Å². The highest BCUT2D eigenvalue weighted by Gasteiger charge is 2.16. The second-order valence-corrected chi connectivity index (χ2v) is 5.54. The fourth-order valence-corrected chi connectivity index (χ4v) is 2.71. The Kier molecular flexibility index (Phi) is 4.95. The number of nitrogens with zero attached hydrogens (tertiary/aromatic N) is 3. The van der Waals surface area contributed by atoms with E-state index in [2.05, 4.69) is 10.2 Å². The third kappa shape index (κ3) is 3.60. The molecular formula is C14H16FN3O2S. The number of hydrogen-bond acceptors (Lipinski definition) is 4. The smallest absolute Gasteiger partial charge is 0.313 e. The number of aliphatic carboxylic acids is 1. The molecule has 1 aromatic heterocycles. The summed E-state index contributed by atoms with van der Waals surface area (Å²) in [5.74, 6) is -0.615. The minimum absolute atomic E-state index is 0.0652. The van der Waals surface area contributed by atoms with E-state index in [1.54, 1.807) is 6.07 Å². The molecule has 2 rings (SSSR count). The molecule has 0 atom stereocenters. The van der Waals surface area contributed by atoms with Crippen LogP contribution in [0.5, 0.6) is 0 Å². The van der Waals surface area contributed by atoms with Gasteiger partial charge < -0.3 is 9.67 Å². The summed E-state index contributed by atoms with van der Waals surface area (Å²) < 4.78 is 15.1. The van der Waals surface area contributed by atoms with Crippen molar-refractivity contribution in [3.8, 4) is 11.4 Å². The van der Waals surface area contributed by atoms with Crippen molar-refractivity contribution in [2.45, 2.75) is 32.0 Å². The van der Waals surface area contributed by atoms with Crippen molar-refractivity contribution in [1.82, 2.24) is 14.8 Å². The number of carboxylic acid groups (broad SMARTS) is 1. The Morgan fingerprint density at radius 3 is 2.81 bits per heavy atom. The Labute approximate surface area is 126 Å². The van der Waals surface area contributed by atoms with Crippen LogP contribution in [0.25, 0.3) is 11.4 Å². The summed E-state index contributed by atoms with van der Waals surface area (Å²) in [6, 6.07) is 4.51. The molecule has 1 heterocycles.